The van der Waals surface area contributed by atoms with E-state index in [2.05, 4.69) is 22.3 Å². The first-order valence-corrected chi connectivity index (χ1v) is 11.7. The summed E-state index contributed by atoms with van der Waals surface area (Å²) in [5.74, 6) is -0.236. The maximum absolute atomic E-state index is 12.9. The van der Waals surface area contributed by atoms with E-state index in [0.717, 1.165) is 26.1 Å². The molecule has 1 amide bonds. The number of carbonyl (C=O) groups excluding carboxylic acids is 1. The Morgan fingerprint density at radius 1 is 1.03 bits per heavy atom. The highest BCUT2D eigenvalue weighted by Gasteiger charge is 2.28. The predicted octanol–water partition coefficient (Wildman–Crippen LogP) is 1.71. The monoisotopic (exact) mass is 429 g/mol. The zero-order chi connectivity index (χ0) is 21.0. The molecule has 1 atom stereocenters. The zero-order valence-corrected chi connectivity index (χ0v) is 17.7. The minimum absolute atomic E-state index is 0.0562. The summed E-state index contributed by atoms with van der Waals surface area (Å²) < 4.78 is 32.4. The molecule has 0 aliphatic carbocycles. The minimum atomic E-state index is -3.62. The number of likely N-dealkylation sites (tertiary alicyclic amines) is 1. The molecule has 0 saturated carbocycles. The lowest BCUT2D eigenvalue weighted by molar-refractivity contribution is 0.0730. The lowest BCUT2D eigenvalue weighted by Crippen LogP contribution is -2.40. The van der Waals surface area contributed by atoms with Crippen molar-refractivity contribution in [3.05, 3.63) is 65.7 Å². The molecular weight excluding hydrogens is 402 g/mol. The molecule has 8 heteroatoms. The highest BCUT2D eigenvalue weighted by atomic mass is 32.2. The molecule has 0 unspecified atom stereocenters. The van der Waals surface area contributed by atoms with Crippen molar-refractivity contribution < 1.29 is 17.9 Å². The Kier molecular flexibility index (Phi) is 6.48. The molecule has 2 heterocycles. The molecule has 2 aliphatic heterocycles. The lowest BCUT2D eigenvalue weighted by Gasteiger charge is -2.26. The van der Waals surface area contributed by atoms with E-state index in [1.807, 2.05) is 18.2 Å². The highest BCUT2D eigenvalue weighted by Crippen LogP contribution is 2.19. The Labute approximate surface area is 177 Å². The van der Waals surface area contributed by atoms with Gasteiger partial charge in [0.25, 0.3) is 5.91 Å². The topological polar surface area (TPSA) is 79.0 Å². The number of nitrogens with zero attached hydrogens (tertiary/aromatic N) is 2. The summed E-state index contributed by atoms with van der Waals surface area (Å²) in [5, 5.41) is 3.06. The number of sulfonamides is 1. The molecule has 0 spiro atoms. The number of nitrogens with one attached hydrogen (secondary N) is 1. The standard InChI is InChI=1S/C22H27N3O4S/c26-22(23-20-9-10-24(17-20)16-18-5-2-1-3-6-18)19-7-4-8-21(15-19)30(27,28)25-11-13-29-14-12-25/h1-8,15,20H,9-14,16-17H2,(H,23,26)/t20-/m1/s1. The molecule has 2 aliphatic rings. The van der Waals surface area contributed by atoms with E-state index in [4.69, 9.17) is 4.74 Å². The van der Waals surface area contributed by atoms with Gasteiger partial charge in [-0.25, -0.2) is 8.42 Å². The maximum Gasteiger partial charge on any atom is 0.251 e. The van der Waals surface area contributed by atoms with Crippen molar-refractivity contribution in [3.8, 4) is 0 Å². The van der Waals surface area contributed by atoms with Crippen LogP contribution in [-0.4, -0.2) is 69.0 Å². The lowest BCUT2D eigenvalue weighted by atomic mass is 10.2. The molecule has 0 aromatic heterocycles. The normalized spacial score (nSPS) is 20.9. The first kappa shape index (κ1) is 21.0. The number of benzene rings is 2. The highest BCUT2D eigenvalue weighted by molar-refractivity contribution is 7.89. The predicted molar refractivity (Wildman–Crippen MR) is 114 cm³/mol. The first-order chi connectivity index (χ1) is 14.5. The quantitative estimate of drug-likeness (QED) is 0.756. The minimum Gasteiger partial charge on any atom is -0.379 e. The van der Waals surface area contributed by atoms with Gasteiger partial charge in [-0.1, -0.05) is 36.4 Å². The average molecular weight is 430 g/mol. The maximum atomic E-state index is 12.9. The van der Waals surface area contributed by atoms with Gasteiger partial charge in [-0.3, -0.25) is 9.69 Å². The van der Waals surface area contributed by atoms with Crippen molar-refractivity contribution in [1.29, 1.82) is 0 Å². The van der Waals surface area contributed by atoms with Crippen molar-refractivity contribution >= 4 is 15.9 Å². The second-order valence-electron chi connectivity index (χ2n) is 7.72. The fourth-order valence-corrected chi connectivity index (χ4v) is 5.39. The van der Waals surface area contributed by atoms with Gasteiger partial charge >= 0.3 is 0 Å². The Hall–Kier alpha value is -2.26. The molecule has 2 aromatic carbocycles. The van der Waals surface area contributed by atoms with Crippen LogP contribution in [0.5, 0.6) is 0 Å². The van der Waals surface area contributed by atoms with Crippen LogP contribution in [0, 0.1) is 0 Å². The molecule has 2 aromatic rings. The van der Waals surface area contributed by atoms with Crippen molar-refractivity contribution in [2.45, 2.75) is 23.9 Å². The number of hydrogen-bond donors (Lipinski definition) is 1. The average Bonchev–Trinajstić information content (AvgIpc) is 3.21. The van der Waals surface area contributed by atoms with Gasteiger partial charge in [-0.2, -0.15) is 4.31 Å². The van der Waals surface area contributed by atoms with Gasteiger partial charge in [-0.15, -0.1) is 0 Å². The molecule has 160 valence electrons. The number of ether oxygens (including phenoxy) is 1. The number of carbonyl (C=O) groups is 1. The van der Waals surface area contributed by atoms with E-state index in [0.29, 0.717) is 31.9 Å². The molecular formula is C22H27N3O4S. The van der Waals surface area contributed by atoms with E-state index < -0.39 is 10.0 Å². The summed E-state index contributed by atoms with van der Waals surface area (Å²) in [6.07, 6.45) is 0.879. The number of amides is 1. The Morgan fingerprint density at radius 2 is 1.80 bits per heavy atom. The Morgan fingerprint density at radius 3 is 2.57 bits per heavy atom. The molecule has 0 bridgehead atoms. The van der Waals surface area contributed by atoms with Gasteiger partial charge in [0, 0.05) is 44.3 Å². The molecule has 0 radical (unpaired) electrons. The van der Waals surface area contributed by atoms with Crippen molar-refractivity contribution in [3.63, 3.8) is 0 Å². The summed E-state index contributed by atoms with van der Waals surface area (Å²) in [5.41, 5.74) is 1.62. The van der Waals surface area contributed by atoms with Crippen LogP contribution in [0.25, 0.3) is 0 Å². The fraction of sp³-hybridized carbons (Fsp3) is 0.409. The van der Waals surface area contributed by atoms with Crippen LogP contribution < -0.4 is 5.32 Å². The molecule has 30 heavy (non-hydrogen) atoms. The summed E-state index contributed by atoms with van der Waals surface area (Å²) in [6, 6.07) is 16.6. The van der Waals surface area contributed by atoms with Gasteiger partial charge in [-0.05, 0) is 30.2 Å². The van der Waals surface area contributed by atoms with Crippen LogP contribution in [0.15, 0.2) is 59.5 Å². The van der Waals surface area contributed by atoms with Crippen LogP contribution in [0.2, 0.25) is 0 Å². The summed E-state index contributed by atoms with van der Waals surface area (Å²) in [7, 11) is -3.62. The third-order valence-corrected chi connectivity index (χ3v) is 7.46. The Bertz CT molecular complexity index is 975. The van der Waals surface area contributed by atoms with Crippen LogP contribution in [0.4, 0.5) is 0 Å². The van der Waals surface area contributed by atoms with Crippen LogP contribution in [0.3, 0.4) is 0 Å². The summed E-state index contributed by atoms with van der Waals surface area (Å²) in [4.78, 5) is 15.2. The first-order valence-electron chi connectivity index (χ1n) is 10.3. The van der Waals surface area contributed by atoms with E-state index in [-0.39, 0.29) is 16.8 Å². The molecule has 4 rings (SSSR count). The largest absolute Gasteiger partial charge is 0.379 e. The number of hydrogen-bond acceptors (Lipinski definition) is 5. The second-order valence-corrected chi connectivity index (χ2v) is 9.66. The van der Waals surface area contributed by atoms with Crippen LogP contribution in [0.1, 0.15) is 22.3 Å². The van der Waals surface area contributed by atoms with Crippen LogP contribution >= 0.6 is 0 Å². The van der Waals surface area contributed by atoms with Crippen molar-refractivity contribution in [2.24, 2.45) is 0 Å². The fourth-order valence-electron chi connectivity index (χ4n) is 3.94. The smallest absolute Gasteiger partial charge is 0.251 e. The zero-order valence-electron chi connectivity index (χ0n) is 16.9. The van der Waals surface area contributed by atoms with E-state index in [1.165, 1.54) is 15.9 Å². The number of rotatable bonds is 6. The third-order valence-electron chi connectivity index (χ3n) is 5.56. The van der Waals surface area contributed by atoms with E-state index in [1.54, 1.807) is 18.2 Å². The van der Waals surface area contributed by atoms with Gasteiger partial charge in [0.15, 0.2) is 0 Å². The Balaban J connectivity index is 1.38. The molecule has 2 saturated heterocycles. The van der Waals surface area contributed by atoms with Gasteiger partial charge < -0.3 is 10.1 Å². The van der Waals surface area contributed by atoms with Crippen molar-refractivity contribution in [1.82, 2.24) is 14.5 Å². The summed E-state index contributed by atoms with van der Waals surface area (Å²) in [6.45, 7) is 4.01. The molecule has 1 N–H and O–H groups in total. The second kappa shape index (κ2) is 9.26. The van der Waals surface area contributed by atoms with Crippen molar-refractivity contribution in [2.75, 3.05) is 39.4 Å². The molecule has 7 nitrogen and oxygen atoms in total. The van der Waals surface area contributed by atoms with E-state index >= 15 is 0 Å². The summed E-state index contributed by atoms with van der Waals surface area (Å²) >= 11 is 0. The van der Waals surface area contributed by atoms with Gasteiger partial charge in [0.1, 0.15) is 0 Å². The number of morpholine rings is 1. The third kappa shape index (κ3) is 4.89. The van der Waals surface area contributed by atoms with Gasteiger partial charge in [0.05, 0.1) is 18.1 Å². The molecule has 2 fully saturated rings. The van der Waals surface area contributed by atoms with Gasteiger partial charge in [0.2, 0.25) is 10.0 Å². The SMILES string of the molecule is O=C(N[C@@H]1CCN(Cc2ccccc2)C1)c1cccc(S(=O)(=O)N2CCOCC2)c1. The van der Waals surface area contributed by atoms with Crippen LogP contribution in [-0.2, 0) is 21.3 Å². The van der Waals surface area contributed by atoms with E-state index in [9.17, 15) is 13.2 Å².